The normalized spacial score (nSPS) is 13.3. The van der Waals surface area contributed by atoms with Gasteiger partial charge in [-0.25, -0.2) is 8.42 Å². The van der Waals surface area contributed by atoms with Crippen molar-refractivity contribution in [2.45, 2.75) is 36.9 Å². The molecule has 0 unspecified atom stereocenters. The van der Waals surface area contributed by atoms with E-state index in [1.165, 1.54) is 15.6 Å². The molecule has 0 bridgehead atoms. The van der Waals surface area contributed by atoms with E-state index in [9.17, 15) is 8.42 Å². The first-order chi connectivity index (χ1) is 7.75. The van der Waals surface area contributed by atoms with Gasteiger partial charge in [-0.15, -0.1) is 22.9 Å². The quantitative estimate of drug-likeness (QED) is 0.783. The lowest BCUT2D eigenvalue weighted by atomic mass is 10.1. The van der Waals surface area contributed by atoms with Crippen LogP contribution in [0.25, 0.3) is 0 Å². The summed E-state index contributed by atoms with van der Waals surface area (Å²) in [5.74, 6) is 0.259. The fraction of sp³-hybridized carbons (Fsp3) is 0.636. The topological polar surface area (TPSA) is 37.4 Å². The van der Waals surface area contributed by atoms with Gasteiger partial charge in [0.05, 0.1) is 0 Å². The van der Waals surface area contributed by atoms with Crippen LogP contribution in [0.4, 0.5) is 0 Å². The maximum absolute atomic E-state index is 12.3. The van der Waals surface area contributed by atoms with Crippen molar-refractivity contribution in [3.05, 3.63) is 17.0 Å². The summed E-state index contributed by atoms with van der Waals surface area (Å²) in [5.41, 5.74) is -0.587. The molecule has 1 aromatic rings. The fourth-order valence-corrected chi connectivity index (χ4v) is 4.46. The first-order valence-electron chi connectivity index (χ1n) is 5.39. The molecule has 0 saturated heterocycles. The molecular weight excluding hydrogens is 278 g/mol. The van der Waals surface area contributed by atoms with Gasteiger partial charge in [0.25, 0.3) is 10.0 Å². The second-order valence-electron chi connectivity index (χ2n) is 4.49. The fourth-order valence-electron chi connectivity index (χ4n) is 1.23. The van der Waals surface area contributed by atoms with Crippen LogP contribution in [0.3, 0.4) is 0 Å². The highest BCUT2D eigenvalue weighted by molar-refractivity contribution is 7.91. The molecule has 0 radical (unpaired) electrons. The lowest BCUT2D eigenvalue weighted by Gasteiger charge is -2.32. The predicted octanol–water partition coefficient (Wildman–Crippen LogP) is 2.95. The second-order valence-corrected chi connectivity index (χ2v) is 8.12. The van der Waals surface area contributed by atoms with E-state index in [4.69, 9.17) is 11.6 Å². The Morgan fingerprint density at radius 2 is 2.00 bits per heavy atom. The maximum atomic E-state index is 12.3. The van der Waals surface area contributed by atoms with Crippen LogP contribution in [0, 0.1) is 0 Å². The van der Waals surface area contributed by atoms with Gasteiger partial charge in [-0.2, -0.15) is 4.31 Å². The van der Waals surface area contributed by atoms with Crippen LogP contribution >= 0.6 is 22.9 Å². The highest BCUT2D eigenvalue weighted by Gasteiger charge is 2.34. The van der Waals surface area contributed by atoms with Gasteiger partial charge in [0.2, 0.25) is 0 Å². The zero-order chi connectivity index (χ0) is 13.3. The zero-order valence-corrected chi connectivity index (χ0v) is 12.9. The van der Waals surface area contributed by atoms with Crippen LogP contribution in [0.15, 0.2) is 16.3 Å². The van der Waals surface area contributed by atoms with Crippen molar-refractivity contribution in [1.82, 2.24) is 4.31 Å². The molecule has 1 rings (SSSR count). The van der Waals surface area contributed by atoms with E-state index in [0.717, 1.165) is 11.3 Å². The van der Waals surface area contributed by atoms with E-state index in [2.05, 4.69) is 0 Å². The molecule has 0 atom stereocenters. The number of sulfonamides is 1. The Kier molecular flexibility index (Phi) is 4.63. The highest BCUT2D eigenvalue weighted by atomic mass is 35.5. The molecule has 0 aromatic carbocycles. The maximum Gasteiger partial charge on any atom is 0.252 e. The van der Waals surface area contributed by atoms with Crippen LogP contribution in [-0.4, -0.2) is 31.2 Å². The third-order valence-corrected chi connectivity index (χ3v) is 7.20. The monoisotopic (exact) mass is 295 g/mol. The number of alkyl halides is 1. The van der Waals surface area contributed by atoms with Gasteiger partial charge in [0, 0.05) is 23.3 Å². The first-order valence-corrected chi connectivity index (χ1v) is 8.18. The van der Waals surface area contributed by atoms with Crippen LogP contribution in [-0.2, 0) is 16.4 Å². The van der Waals surface area contributed by atoms with E-state index in [1.807, 2.05) is 26.8 Å². The summed E-state index contributed by atoms with van der Waals surface area (Å²) in [4.78, 5) is 1.07. The van der Waals surface area contributed by atoms with E-state index >= 15 is 0 Å². The lowest BCUT2D eigenvalue weighted by Crippen LogP contribution is -2.46. The number of hydrogen-bond acceptors (Lipinski definition) is 3. The summed E-state index contributed by atoms with van der Waals surface area (Å²) in [6.45, 7) is 5.63. The van der Waals surface area contributed by atoms with Crippen LogP contribution in [0.1, 0.15) is 25.6 Å². The van der Waals surface area contributed by atoms with Crippen molar-refractivity contribution in [1.29, 1.82) is 0 Å². The molecule has 98 valence electrons. The average molecular weight is 296 g/mol. The molecule has 0 fully saturated rings. The van der Waals surface area contributed by atoms with Crippen molar-refractivity contribution in [2.75, 3.05) is 12.9 Å². The summed E-state index contributed by atoms with van der Waals surface area (Å²) in [6.07, 6.45) is 0.850. The van der Waals surface area contributed by atoms with Crippen LogP contribution in [0.5, 0.6) is 0 Å². The molecule has 0 spiro atoms. The number of nitrogens with zero attached hydrogens (tertiary/aromatic N) is 1. The molecule has 1 heterocycles. The Labute approximate surface area is 112 Å². The van der Waals surface area contributed by atoms with E-state index < -0.39 is 15.6 Å². The Hall–Kier alpha value is -0.100. The van der Waals surface area contributed by atoms with Gasteiger partial charge >= 0.3 is 0 Å². The Bertz CT molecular complexity index is 479. The average Bonchev–Trinajstić information content (AvgIpc) is 2.77. The minimum Gasteiger partial charge on any atom is -0.206 e. The summed E-state index contributed by atoms with van der Waals surface area (Å²) in [7, 11) is -1.86. The minimum absolute atomic E-state index is 0.259. The van der Waals surface area contributed by atoms with Gasteiger partial charge in [-0.05, 0) is 32.4 Å². The standard InChI is InChI=1S/C11H18ClNO2S2/c1-5-9-6-7-10(16-9)17(14,15)13(4)11(2,3)8-12/h6-7H,5,8H2,1-4H3. The van der Waals surface area contributed by atoms with E-state index in [0.29, 0.717) is 4.21 Å². The van der Waals surface area contributed by atoms with Crippen molar-refractivity contribution in [3.8, 4) is 0 Å². The van der Waals surface area contributed by atoms with Crippen molar-refractivity contribution >= 4 is 33.0 Å². The van der Waals surface area contributed by atoms with Gasteiger partial charge in [0.15, 0.2) is 0 Å². The predicted molar refractivity (Wildman–Crippen MR) is 73.4 cm³/mol. The second kappa shape index (κ2) is 5.26. The molecule has 0 saturated carbocycles. The molecule has 0 aliphatic heterocycles. The highest BCUT2D eigenvalue weighted by Crippen LogP contribution is 2.28. The van der Waals surface area contributed by atoms with E-state index in [-0.39, 0.29) is 5.88 Å². The Morgan fingerprint density at radius 3 is 2.41 bits per heavy atom. The van der Waals surface area contributed by atoms with Crippen molar-refractivity contribution in [3.63, 3.8) is 0 Å². The smallest absolute Gasteiger partial charge is 0.206 e. The molecular formula is C11H18ClNO2S2. The largest absolute Gasteiger partial charge is 0.252 e. The number of rotatable bonds is 5. The summed E-state index contributed by atoms with van der Waals surface area (Å²) in [6, 6.07) is 3.53. The van der Waals surface area contributed by atoms with Crippen molar-refractivity contribution in [2.24, 2.45) is 0 Å². The molecule has 0 N–H and O–H groups in total. The summed E-state index contributed by atoms with van der Waals surface area (Å²) >= 11 is 7.13. The zero-order valence-electron chi connectivity index (χ0n) is 10.5. The van der Waals surface area contributed by atoms with E-state index in [1.54, 1.807) is 13.1 Å². The molecule has 0 aliphatic rings. The third-order valence-electron chi connectivity index (χ3n) is 2.78. The molecule has 0 amide bonds. The number of halogens is 1. The number of thiophene rings is 1. The molecule has 17 heavy (non-hydrogen) atoms. The van der Waals surface area contributed by atoms with Crippen LogP contribution in [0.2, 0.25) is 0 Å². The van der Waals surface area contributed by atoms with Crippen molar-refractivity contribution < 1.29 is 8.42 Å². The minimum atomic E-state index is -3.43. The lowest BCUT2D eigenvalue weighted by molar-refractivity contribution is 0.296. The SMILES string of the molecule is CCc1ccc(S(=O)(=O)N(C)C(C)(C)CCl)s1. The first kappa shape index (κ1) is 15.0. The summed E-state index contributed by atoms with van der Waals surface area (Å²) < 4.78 is 26.4. The van der Waals surface area contributed by atoms with Gasteiger partial charge in [-0.1, -0.05) is 6.92 Å². The Balaban J connectivity index is 3.11. The van der Waals surface area contributed by atoms with Crippen LogP contribution < -0.4 is 0 Å². The number of hydrogen-bond donors (Lipinski definition) is 0. The Morgan fingerprint density at radius 1 is 1.41 bits per heavy atom. The van der Waals surface area contributed by atoms with Gasteiger partial charge < -0.3 is 0 Å². The summed E-state index contributed by atoms with van der Waals surface area (Å²) in [5, 5.41) is 0. The third kappa shape index (κ3) is 3.02. The number of aryl methyl sites for hydroxylation is 1. The molecule has 6 heteroatoms. The van der Waals surface area contributed by atoms with Gasteiger partial charge in [0.1, 0.15) is 4.21 Å². The molecule has 3 nitrogen and oxygen atoms in total. The molecule has 0 aliphatic carbocycles. The van der Waals surface area contributed by atoms with Gasteiger partial charge in [-0.3, -0.25) is 0 Å². The molecule has 1 aromatic heterocycles.